The van der Waals surface area contributed by atoms with Crippen LogP contribution in [0.4, 0.5) is 0 Å². The van der Waals surface area contributed by atoms with Crippen molar-refractivity contribution in [3.05, 3.63) is 72.3 Å². The van der Waals surface area contributed by atoms with Crippen LogP contribution in [0.5, 0.6) is 23.0 Å². The van der Waals surface area contributed by atoms with E-state index < -0.39 is 5.97 Å². The molecule has 6 heteroatoms. The molecule has 3 rings (SSSR count). The van der Waals surface area contributed by atoms with Crippen molar-refractivity contribution >= 4 is 5.97 Å². The third-order valence-corrected chi connectivity index (χ3v) is 4.44. The van der Waals surface area contributed by atoms with Gasteiger partial charge in [0.1, 0.15) is 12.4 Å². The van der Waals surface area contributed by atoms with E-state index in [4.69, 9.17) is 23.7 Å². The molecule has 30 heavy (non-hydrogen) atoms. The molecular weight excluding hydrogens is 384 g/mol. The lowest BCUT2D eigenvalue weighted by Gasteiger charge is -2.14. The van der Waals surface area contributed by atoms with Gasteiger partial charge in [-0.05, 0) is 29.3 Å². The van der Waals surface area contributed by atoms with Crippen LogP contribution in [0.25, 0.3) is 11.1 Å². The molecule has 0 bridgehead atoms. The quantitative estimate of drug-likeness (QED) is 0.486. The monoisotopic (exact) mass is 408 g/mol. The molecule has 0 unspecified atom stereocenters. The molecule has 0 saturated heterocycles. The average Bonchev–Trinajstić information content (AvgIpc) is 2.81. The van der Waals surface area contributed by atoms with Gasteiger partial charge in [0.2, 0.25) is 5.75 Å². The smallest absolute Gasteiger partial charge is 0.344 e. The Morgan fingerprint density at radius 3 is 2.03 bits per heavy atom. The molecule has 0 heterocycles. The summed E-state index contributed by atoms with van der Waals surface area (Å²) >= 11 is 0. The van der Waals surface area contributed by atoms with Crippen LogP contribution in [0.3, 0.4) is 0 Å². The molecule has 3 aromatic carbocycles. The van der Waals surface area contributed by atoms with E-state index in [-0.39, 0.29) is 13.2 Å². The highest BCUT2D eigenvalue weighted by molar-refractivity contribution is 5.73. The number of esters is 1. The predicted molar refractivity (Wildman–Crippen MR) is 113 cm³/mol. The second-order valence-electron chi connectivity index (χ2n) is 6.35. The van der Waals surface area contributed by atoms with Crippen molar-refractivity contribution in [2.75, 3.05) is 27.9 Å². The van der Waals surface area contributed by atoms with Crippen LogP contribution < -0.4 is 18.9 Å². The summed E-state index contributed by atoms with van der Waals surface area (Å²) in [5, 5.41) is 0. The van der Waals surface area contributed by atoms with Gasteiger partial charge in [0.15, 0.2) is 18.1 Å². The fourth-order valence-electron chi connectivity index (χ4n) is 3.01. The summed E-state index contributed by atoms with van der Waals surface area (Å²) in [7, 11) is 4.60. The highest BCUT2D eigenvalue weighted by Gasteiger charge is 2.15. The van der Waals surface area contributed by atoms with E-state index in [9.17, 15) is 4.79 Å². The molecule has 0 saturated carbocycles. The minimum absolute atomic E-state index is 0.0548. The molecule has 0 amide bonds. The summed E-state index contributed by atoms with van der Waals surface area (Å²) in [6.45, 7) is -0.145. The number of carbonyl (C=O) groups excluding carboxylic acids is 1. The molecule has 156 valence electrons. The van der Waals surface area contributed by atoms with Gasteiger partial charge in [-0.2, -0.15) is 0 Å². The molecule has 0 aromatic heterocycles. The topological polar surface area (TPSA) is 63.2 Å². The molecule has 0 aliphatic carbocycles. The number of methoxy groups -OCH3 is 3. The lowest BCUT2D eigenvalue weighted by molar-refractivity contribution is -0.147. The van der Waals surface area contributed by atoms with E-state index in [2.05, 4.69) is 0 Å². The molecule has 0 aliphatic heterocycles. The maximum absolute atomic E-state index is 12.2. The van der Waals surface area contributed by atoms with Crippen molar-refractivity contribution in [2.45, 2.75) is 6.61 Å². The molecule has 0 radical (unpaired) electrons. The van der Waals surface area contributed by atoms with Crippen molar-refractivity contribution in [1.29, 1.82) is 0 Å². The Morgan fingerprint density at radius 2 is 1.40 bits per heavy atom. The third-order valence-electron chi connectivity index (χ3n) is 4.44. The summed E-state index contributed by atoms with van der Waals surface area (Å²) in [6.07, 6.45) is 0. The predicted octanol–water partition coefficient (Wildman–Crippen LogP) is 4.50. The molecule has 3 aromatic rings. The number of para-hydroxylation sites is 1. The number of hydrogen-bond acceptors (Lipinski definition) is 6. The van der Waals surface area contributed by atoms with Gasteiger partial charge in [-0.25, -0.2) is 4.79 Å². The Labute approximate surface area is 175 Å². The van der Waals surface area contributed by atoms with Crippen molar-refractivity contribution < 1.29 is 28.5 Å². The highest BCUT2D eigenvalue weighted by Crippen LogP contribution is 2.38. The standard InChI is InChI=1S/C24H24O6/c1-26-21-13-17(14-22(27-2)24(21)28-3)15-30-23(25)16-29-20-12-8-7-11-19(20)18-9-5-4-6-10-18/h4-14H,15-16H2,1-3H3. The van der Waals surface area contributed by atoms with Crippen LogP contribution in [0.15, 0.2) is 66.7 Å². The molecular formula is C24H24O6. The Hall–Kier alpha value is -3.67. The zero-order valence-electron chi connectivity index (χ0n) is 17.2. The van der Waals surface area contributed by atoms with Crippen molar-refractivity contribution in [3.63, 3.8) is 0 Å². The van der Waals surface area contributed by atoms with Gasteiger partial charge in [0.25, 0.3) is 0 Å². The van der Waals surface area contributed by atoms with Gasteiger partial charge in [0.05, 0.1) is 21.3 Å². The third kappa shape index (κ3) is 5.03. The van der Waals surface area contributed by atoms with Gasteiger partial charge < -0.3 is 23.7 Å². The van der Waals surface area contributed by atoms with Crippen LogP contribution >= 0.6 is 0 Å². The van der Waals surface area contributed by atoms with E-state index >= 15 is 0 Å². The lowest BCUT2D eigenvalue weighted by atomic mass is 10.1. The number of hydrogen-bond donors (Lipinski definition) is 0. The van der Waals surface area contributed by atoms with Crippen molar-refractivity contribution in [3.8, 4) is 34.1 Å². The Bertz CT molecular complexity index is 959. The fraction of sp³-hybridized carbons (Fsp3) is 0.208. The minimum atomic E-state index is -0.480. The first-order chi connectivity index (χ1) is 14.7. The summed E-state index contributed by atoms with van der Waals surface area (Å²) in [5.74, 6) is 1.61. The van der Waals surface area contributed by atoms with Crippen LogP contribution in [-0.2, 0) is 16.1 Å². The zero-order valence-corrected chi connectivity index (χ0v) is 17.2. The maximum atomic E-state index is 12.2. The number of benzene rings is 3. The first-order valence-corrected chi connectivity index (χ1v) is 9.38. The molecule has 6 nitrogen and oxygen atoms in total. The Morgan fingerprint density at radius 1 is 0.767 bits per heavy atom. The van der Waals surface area contributed by atoms with Crippen molar-refractivity contribution in [1.82, 2.24) is 0 Å². The molecule has 0 fully saturated rings. The summed E-state index contributed by atoms with van der Waals surface area (Å²) in [4.78, 5) is 12.2. The number of rotatable bonds is 9. The van der Waals surface area contributed by atoms with Crippen LogP contribution in [-0.4, -0.2) is 33.9 Å². The van der Waals surface area contributed by atoms with E-state index in [0.717, 1.165) is 11.1 Å². The van der Waals surface area contributed by atoms with E-state index in [1.54, 1.807) is 12.1 Å². The average molecular weight is 408 g/mol. The zero-order chi connectivity index (χ0) is 21.3. The van der Waals surface area contributed by atoms with E-state index in [1.165, 1.54) is 21.3 Å². The highest BCUT2D eigenvalue weighted by atomic mass is 16.6. The van der Waals surface area contributed by atoms with Crippen LogP contribution in [0.2, 0.25) is 0 Å². The summed E-state index contributed by atoms with van der Waals surface area (Å²) < 4.78 is 27.0. The van der Waals surface area contributed by atoms with Gasteiger partial charge in [-0.15, -0.1) is 0 Å². The number of ether oxygens (including phenoxy) is 5. The van der Waals surface area contributed by atoms with E-state index in [0.29, 0.717) is 28.6 Å². The van der Waals surface area contributed by atoms with Gasteiger partial charge in [0, 0.05) is 5.56 Å². The molecule has 0 N–H and O–H groups in total. The van der Waals surface area contributed by atoms with Gasteiger partial charge in [-0.3, -0.25) is 0 Å². The first kappa shape index (κ1) is 21.0. The second-order valence-corrected chi connectivity index (χ2v) is 6.35. The summed E-state index contributed by atoms with van der Waals surface area (Å²) in [5.41, 5.74) is 2.64. The molecule has 0 atom stereocenters. The Balaban J connectivity index is 1.63. The van der Waals surface area contributed by atoms with Gasteiger partial charge in [-0.1, -0.05) is 48.5 Å². The van der Waals surface area contributed by atoms with Gasteiger partial charge >= 0.3 is 5.97 Å². The number of carbonyl (C=O) groups is 1. The molecule has 0 aliphatic rings. The normalized spacial score (nSPS) is 10.2. The largest absolute Gasteiger partial charge is 0.493 e. The fourth-order valence-corrected chi connectivity index (χ4v) is 3.01. The second kappa shape index (κ2) is 10.2. The van der Waals surface area contributed by atoms with Crippen molar-refractivity contribution in [2.24, 2.45) is 0 Å². The summed E-state index contributed by atoms with van der Waals surface area (Å²) in [6, 6.07) is 20.9. The van der Waals surface area contributed by atoms with Crippen LogP contribution in [0.1, 0.15) is 5.56 Å². The maximum Gasteiger partial charge on any atom is 0.344 e. The Kier molecular flexibility index (Phi) is 7.16. The molecule has 0 spiro atoms. The minimum Gasteiger partial charge on any atom is -0.493 e. The van der Waals surface area contributed by atoms with E-state index in [1.807, 2.05) is 54.6 Å². The first-order valence-electron chi connectivity index (χ1n) is 9.38. The SMILES string of the molecule is COc1cc(COC(=O)COc2ccccc2-c2ccccc2)cc(OC)c1OC. The lowest BCUT2D eigenvalue weighted by Crippen LogP contribution is -2.15. The van der Waals surface area contributed by atoms with Crippen LogP contribution in [0, 0.1) is 0 Å².